The van der Waals surface area contributed by atoms with E-state index >= 15 is 0 Å². The predicted octanol–water partition coefficient (Wildman–Crippen LogP) is 1.85. The number of ether oxygens (including phenoxy) is 1. The number of morpholine rings is 1. The van der Waals surface area contributed by atoms with Gasteiger partial charge in [0.1, 0.15) is 0 Å². The van der Waals surface area contributed by atoms with Gasteiger partial charge in [0.05, 0.1) is 12.7 Å². The van der Waals surface area contributed by atoms with E-state index < -0.39 is 0 Å². The Kier molecular flexibility index (Phi) is 4.00. The van der Waals surface area contributed by atoms with Crippen LogP contribution >= 0.6 is 15.9 Å². The van der Waals surface area contributed by atoms with E-state index in [0.29, 0.717) is 0 Å². The van der Waals surface area contributed by atoms with Crippen LogP contribution in [0.4, 0.5) is 5.69 Å². The average Bonchev–Trinajstić information content (AvgIpc) is 2.28. The lowest BCUT2D eigenvalue weighted by Gasteiger charge is -2.24. The third-order valence-corrected chi connectivity index (χ3v) is 2.86. The molecule has 2 N–H and O–H groups in total. The maximum Gasteiger partial charge on any atom is 0.0872 e. The lowest BCUT2D eigenvalue weighted by Crippen LogP contribution is -2.42. The molecule has 0 aromatic heterocycles. The predicted molar refractivity (Wildman–Crippen MR) is 65.2 cm³/mol. The van der Waals surface area contributed by atoms with Crippen LogP contribution in [0.3, 0.4) is 0 Å². The topological polar surface area (TPSA) is 33.3 Å². The van der Waals surface area contributed by atoms with Crippen molar-refractivity contribution >= 4 is 21.6 Å². The zero-order valence-corrected chi connectivity index (χ0v) is 10.1. The Morgan fingerprint density at radius 2 is 2.47 bits per heavy atom. The van der Waals surface area contributed by atoms with Crippen LogP contribution in [-0.4, -0.2) is 32.3 Å². The summed E-state index contributed by atoms with van der Waals surface area (Å²) in [5, 5.41) is 6.67. The Balaban J connectivity index is 1.81. The molecule has 0 saturated carbocycles. The number of benzene rings is 1. The number of anilines is 1. The molecule has 1 saturated heterocycles. The number of halogens is 1. The Hall–Kier alpha value is -0.580. The van der Waals surface area contributed by atoms with E-state index in [0.717, 1.165) is 36.4 Å². The second-order valence-electron chi connectivity index (χ2n) is 3.59. The molecule has 1 aliphatic rings. The highest BCUT2D eigenvalue weighted by Gasteiger charge is 2.12. The molecular formula is C11H15BrN2O. The summed E-state index contributed by atoms with van der Waals surface area (Å²) in [6.45, 7) is 3.56. The van der Waals surface area contributed by atoms with E-state index in [1.165, 1.54) is 0 Å². The van der Waals surface area contributed by atoms with Crippen molar-refractivity contribution < 1.29 is 4.74 Å². The van der Waals surface area contributed by atoms with Crippen molar-refractivity contribution in [3.63, 3.8) is 0 Å². The average molecular weight is 271 g/mol. The number of nitrogens with one attached hydrogen (secondary N) is 2. The first kappa shape index (κ1) is 10.9. The van der Waals surface area contributed by atoms with Crippen LogP contribution in [0, 0.1) is 0 Å². The standard InChI is InChI=1S/C11H15BrN2O/c12-9-2-1-3-10(6-9)14-8-11-7-13-4-5-15-11/h1-3,6,11,13-14H,4-5,7-8H2. The van der Waals surface area contributed by atoms with Gasteiger partial charge in [0.25, 0.3) is 0 Å². The van der Waals surface area contributed by atoms with Crippen LogP contribution in [0.25, 0.3) is 0 Å². The lowest BCUT2D eigenvalue weighted by molar-refractivity contribution is 0.0372. The molecule has 0 spiro atoms. The van der Waals surface area contributed by atoms with Crippen LogP contribution in [-0.2, 0) is 4.74 Å². The second-order valence-corrected chi connectivity index (χ2v) is 4.50. The van der Waals surface area contributed by atoms with Crippen molar-refractivity contribution in [3.05, 3.63) is 28.7 Å². The smallest absolute Gasteiger partial charge is 0.0872 e. The Morgan fingerprint density at radius 1 is 1.53 bits per heavy atom. The summed E-state index contributed by atoms with van der Waals surface area (Å²) in [4.78, 5) is 0. The van der Waals surface area contributed by atoms with Gasteiger partial charge in [-0.3, -0.25) is 0 Å². The molecule has 2 rings (SSSR count). The van der Waals surface area contributed by atoms with Gasteiger partial charge in [-0.1, -0.05) is 22.0 Å². The molecule has 0 amide bonds. The summed E-state index contributed by atoms with van der Waals surface area (Å²) >= 11 is 3.44. The molecule has 15 heavy (non-hydrogen) atoms. The SMILES string of the molecule is Brc1cccc(NCC2CNCCO2)c1. The molecular weight excluding hydrogens is 256 g/mol. The highest BCUT2D eigenvalue weighted by molar-refractivity contribution is 9.10. The van der Waals surface area contributed by atoms with Gasteiger partial charge in [-0.2, -0.15) is 0 Å². The monoisotopic (exact) mass is 270 g/mol. The molecule has 1 aromatic rings. The first-order chi connectivity index (χ1) is 7.34. The van der Waals surface area contributed by atoms with Gasteiger partial charge in [-0.15, -0.1) is 0 Å². The summed E-state index contributed by atoms with van der Waals surface area (Å²) in [6.07, 6.45) is 0.276. The van der Waals surface area contributed by atoms with Crippen LogP contribution in [0.5, 0.6) is 0 Å². The third-order valence-electron chi connectivity index (χ3n) is 2.36. The summed E-state index contributed by atoms with van der Waals surface area (Å²) in [7, 11) is 0. The van der Waals surface area contributed by atoms with Gasteiger partial charge in [0.15, 0.2) is 0 Å². The number of hydrogen-bond donors (Lipinski definition) is 2. The van der Waals surface area contributed by atoms with Crippen molar-refractivity contribution in [1.82, 2.24) is 5.32 Å². The van der Waals surface area contributed by atoms with Gasteiger partial charge < -0.3 is 15.4 Å². The van der Waals surface area contributed by atoms with E-state index in [-0.39, 0.29) is 6.10 Å². The zero-order chi connectivity index (χ0) is 10.5. The molecule has 1 aromatic carbocycles. The molecule has 1 atom stereocenters. The molecule has 0 radical (unpaired) electrons. The van der Waals surface area contributed by atoms with Crippen molar-refractivity contribution in [2.45, 2.75) is 6.10 Å². The fraction of sp³-hybridized carbons (Fsp3) is 0.455. The summed E-state index contributed by atoms with van der Waals surface area (Å²) in [5.74, 6) is 0. The fourth-order valence-electron chi connectivity index (χ4n) is 1.58. The van der Waals surface area contributed by atoms with Crippen molar-refractivity contribution in [3.8, 4) is 0 Å². The molecule has 3 nitrogen and oxygen atoms in total. The van der Waals surface area contributed by atoms with Gasteiger partial charge in [0.2, 0.25) is 0 Å². The maximum atomic E-state index is 5.59. The molecule has 0 aliphatic carbocycles. The highest BCUT2D eigenvalue weighted by Crippen LogP contribution is 2.15. The Morgan fingerprint density at radius 3 is 3.20 bits per heavy atom. The molecule has 82 valence electrons. The number of rotatable bonds is 3. The number of hydrogen-bond acceptors (Lipinski definition) is 3. The first-order valence-electron chi connectivity index (χ1n) is 5.16. The second kappa shape index (κ2) is 5.49. The van der Waals surface area contributed by atoms with Gasteiger partial charge in [-0.05, 0) is 18.2 Å². The molecule has 1 fully saturated rings. The fourth-order valence-corrected chi connectivity index (χ4v) is 1.98. The Labute approximate surface area is 98.3 Å². The van der Waals surface area contributed by atoms with E-state index in [2.05, 4.69) is 38.7 Å². The molecule has 4 heteroatoms. The lowest BCUT2D eigenvalue weighted by atomic mass is 10.2. The van der Waals surface area contributed by atoms with Crippen LogP contribution in [0.2, 0.25) is 0 Å². The van der Waals surface area contributed by atoms with E-state index in [4.69, 9.17) is 4.74 Å². The van der Waals surface area contributed by atoms with Crippen LogP contribution in [0.1, 0.15) is 0 Å². The minimum atomic E-state index is 0.276. The quantitative estimate of drug-likeness (QED) is 0.880. The summed E-state index contributed by atoms with van der Waals surface area (Å²) < 4.78 is 6.69. The van der Waals surface area contributed by atoms with Crippen LogP contribution < -0.4 is 10.6 Å². The Bertz CT molecular complexity index is 313. The minimum absolute atomic E-state index is 0.276. The summed E-state index contributed by atoms with van der Waals surface area (Å²) in [6, 6.07) is 8.16. The highest BCUT2D eigenvalue weighted by atomic mass is 79.9. The van der Waals surface area contributed by atoms with Crippen molar-refractivity contribution in [2.24, 2.45) is 0 Å². The summed E-state index contributed by atoms with van der Waals surface area (Å²) in [5.41, 5.74) is 1.12. The molecule has 0 bridgehead atoms. The first-order valence-corrected chi connectivity index (χ1v) is 5.95. The van der Waals surface area contributed by atoms with E-state index in [1.807, 2.05) is 12.1 Å². The minimum Gasteiger partial charge on any atom is -0.382 e. The largest absolute Gasteiger partial charge is 0.382 e. The third kappa shape index (κ3) is 3.48. The zero-order valence-electron chi connectivity index (χ0n) is 8.50. The molecule has 1 aliphatic heterocycles. The molecule has 1 unspecified atom stereocenters. The molecule has 1 heterocycles. The van der Waals surface area contributed by atoms with Gasteiger partial charge in [-0.25, -0.2) is 0 Å². The maximum absolute atomic E-state index is 5.59. The van der Waals surface area contributed by atoms with Crippen LogP contribution in [0.15, 0.2) is 28.7 Å². The van der Waals surface area contributed by atoms with E-state index in [9.17, 15) is 0 Å². The normalized spacial score (nSPS) is 21.3. The van der Waals surface area contributed by atoms with E-state index in [1.54, 1.807) is 0 Å². The van der Waals surface area contributed by atoms with Gasteiger partial charge in [0, 0.05) is 29.8 Å². The van der Waals surface area contributed by atoms with Gasteiger partial charge >= 0.3 is 0 Å². The van der Waals surface area contributed by atoms with Crippen molar-refractivity contribution in [2.75, 3.05) is 31.6 Å². The van der Waals surface area contributed by atoms with Crippen molar-refractivity contribution in [1.29, 1.82) is 0 Å².